The van der Waals surface area contributed by atoms with Crippen LogP contribution in [0.4, 0.5) is 0 Å². The second-order valence-electron chi connectivity index (χ2n) is 3.32. The summed E-state index contributed by atoms with van der Waals surface area (Å²) in [4.78, 5) is 11.6. The molecule has 0 bridgehead atoms. The lowest BCUT2D eigenvalue weighted by atomic mass is 10.0. The third-order valence-electron chi connectivity index (χ3n) is 2.10. The van der Waals surface area contributed by atoms with Crippen molar-refractivity contribution in [1.82, 2.24) is 9.78 Å². The van der Waals surface area contributed by atoms with Crippen LogP contribution < -0.4 is 5.73 Å². The molecule has 4 nitrogen and oxygen atoms in total. The van der Waals surface area contributed by atoms with Crippen LogP contribution in [0.15, 0.2) is 12.4 Å². The molecule has 15 heavy (non-hydrogen) atoms. The maximum atomic E-state index is 11.6. The van der Waals surface area contributed by atoms with Crippen LogP contribution in [0.25, 0.3) is 0 Å². The minimum absolute atomic E-state index is 0.00532. The fourth-order valence-electron chi connectivity index (χ4n) is 1.25. The summed E-state index contributed by atoms with van der Waals surface area (Å²) < 4.78 is 1.63. The standard InChI is InChI=1S/C11H15N3O/c1-3-4-5-6-10(15)11(12)9-7-13-14(2)8-9/h7-8,11H,5-6,12H2,1-2H3. The van der Waals surface area contributed by atoms with E-state index in [1.807, 2.05) is 0 Å². The van der Waals surface area contributed by atoms with Crippen molar-refractivity contribution in [1.29, 1.82) is 0 Å². The second-order valence-corrected chi connectivity index (χ2v) is 3.32. The molecule has 0 radical (unpaired) electrons. The zero-order valence-corrected chi connectivity index (χ0v) is 9.03. The fourth-order valence-corrected chi connectivity index (χ4v) is 1.25. The number of aryl methyl sites for hydroxylation is 1. The van der Waals surface area contributed by atoms with Crippen molar-refractivity contribution in [2.45, 2.75) is 25.8 Å². The molecule has 0 aliphatic rings. The first-order valence-electron chi connectivity index (χ1n) is 4.81. The van der Waals surface area contributed by atoms with Crippen molar-refractivity contribution in [3.63, 3.8) is 0 Å². The molecule has 0 aliphatic heterocycles. The summed E-state index contributed by atoms with van der Waals surface area (Å²) >= 11 is 0. The largest absolute Gasteiger partial charge is 0.318 e. The van der Waals surface area contributed by atoms with E-state index in [9.17, 15) is 4.79 Å². The summed E-state index contributed by atoms with van der Waals surface area (Å²) in [5.74, 6) is 5.60. The summed E-state index contributed by atoms with van der Waals surface area (Å²) in [5, 5.41) is 3.97. The Hall–Kier alpha value is -1.60. The highest BCUT2D eigenvalue weighted by Crippen LogP contribution is 2.11. The number of carbonyl (C=O) groups excluding carboxylic acids is 1. The van der Waals surface area contributed by atoms with Crippen LogP contribution in [0.2, 0.25) is 0 Å². The van der Waals surface area contributed by atoms with Gasteiger partial charge < -0.3 is 5.73 Å². The van der Waals surface area contributed by atoms with Crippen molar-refractivity contribution in [2.75, 3.05) is 0 Å². The zero-order chi connectivity index (χ0) is 11.3. The first kappa shape index (κ1) is 11.5. The van der Waals surface area contributed by atoms with Gasteiger partial charge in [-0.2, -0.15) is 5.10 Å². The molecule has 0 fully saturated rings. The zero-order valence-electron chi connectivity index (χ0n) is 9.03. The van der Waals surface area contributed by atoms with E-state index in [-0.39, 0.29) is 5.78 Å². The molecular formula is C11H15N3O. The Bertz CT molecular complexity index is 397. The van der Waals surface area contributed by atoms with E-state index >= 15 is 0 Å². The summed E-state index contributed by atoms with van der Waals surface area (Å²) in [6, 6.07) is -0.572. The Balaban J connectivity index is 2.55. The predicted molar refractivity (Wildman–Crippen MR) is 57.8 cm³/mol. The monoisotopic (exact) mass is 205 g/mol. The molecule has 0 aliphatic carbocycles. The molecule has 1 atom stereocenters. The first-order chi connectivity index (χ1) is 7.15. The van der Waals surface area contributed by atoms with Gasteiger partial charge in [0, 0.05) is 31.6 Å². The molecular weight excluding hydrogens is 190 g/mol. The van der Waals surface area contributed by atoms with Crippen molar-refractivity contribution < 1.29 is 4.79 Å². The number of ketones is 1. The van der Waals surface area contributed by atoms with Crippen LogP contribution in [0, 0.1) is 11.8 Å². The van der Waals surface area contributed by atoms with Gasteiger partial charge in [-0.3, -0.25) is 9.48 Å². The van der Waals surface area contributed by atoms with Gasteiger partial charge in [-0.15, -0.1) is 11.8 Å². The molecule has 1 heterocycles. The molecule has 1 aromatic rings. The van der Waals surface area contributed by atoms with Crippen LogP contribution in [-0.2, 0) is 11.8 Å². The second kappa shape index (κ2) is 5.32. The van der Waals surface area contributed by atoms with E-state index in [1.54, 1.807) is 31.0 Å². The van der Waals surface area contributed by atoms with E-state index in [0.29, 0.717) is 12.8 Å². The Morgan fingerprint density at radius 3 is 3.00 bits per heavy atom. The van der Waals surface area contributed by atoms with Crippen LogP contribution in [0.1, 0.15) is 31.4 Å². The topological polar surface area (TPSA) is 60.9 Å². The average molecular weight is 205 g/mol. The van der Waals surface area contributed by atoms with Crippen molar-refractivity contribution >= 4 is 5.78 Å². The molecule has 1 aromatic heterocycles. The van der Waals surface area contributed by atoms with E-state index in [4.69, 9.17) is 5.73 Å². The van der Waals surface area contributed by atoms with Crippen molar-refractivity contribution in [3.05, 3.63) is 18.0 Å². The minimum atomic E-state index is -0.572. The molecule has 0 saturated carbocycles. The van der Waals surface area contributed by atoms with Crippen LogP contribution in [0.5, 0.6) is 0 Å². The lowest BCUT2D eigenvalue weighted by Crippen LogP contribution is -2.20. The van der Waals surface area contributed by atoms with Gasteiger partial charge in [0.1, 0.15) is 0 Å². The smallest absolute Gasteiger partial charge is 0.155 e. The van der Waals surface area contributed by atoms with Crippen molar-refractivity contribution in [3.8, 4) is 11.8 Å². The number of nitrogens with two attached hydrogens (primary N) is 1. The minimum Gasteiger partial charge on any atom is -0.318 e. The number of hydrogen-bond donors (Lipinski definition) is 1. The first-order valence-corrected chi connectivity index (χ1v) is 4.81. The number of rotatable bonds is 4. The van der Waals surface area contributed by atoms with Gasteiger partial charge in [0.05, 0.1) is 12.2 Å². The van der Waals surface area contributed by atoms with Gasteiger partial charge in [0.15, 0.2) is 5.78 Å². The van der Waals surface area contributed by atoms with Crippen LogP contribution in [-0.4, -0.2) is 15.6 Å². The molecule has 0 amide bonds. The van der Waals surface area contributed by atoms with Gasteiger partial charge in [-0.25, -0.2) is 0 Å². The number of aromatic nitrogens is 2. The van der Waals surface area contributed by atoms with Gasteiger partial charge in [-0.1, -0.05) is 0 Å². The SMILES string of the molecule is CC#CCCC(=O)C(N)c1cnn(C)c1. The van der Waals surface area contributed by atoms with Gasteiger partial charge >= 0.3 is 0 Å². The number of hydrogen-bond acceptors (Lipinski definition) is 3. The molecule has 80 valence electrons. The molecule has 0 saturated heterocycles. The third-order valence-corrected chi connectivity index (χ3v) is 2.10. The fraction of sp³-hybridized carbons (Fsp3) is 0.455. The molecule has 1 unspecified atom stereocenters. The van der Waals surface area contributed by atoms with Gasteiger partial charge in [0.2, 0.25) is 0 Å². The van der Waals surface area contributed by atoms with Crippen LogP contribution in [0.3, 0.4) is 0 Å². The molecule has 2 N–H and O–H groups in total. The van der Waals surface area contributed by atoms with Gasteiger partial charge in [0.25, 0.3) is 0 Å². The highest BCUT2D eigenvalue weighted by atomic mass is 16.1. The number of nitrogens with zero attached hydrogens (tertiary/aromatic N) is 2. The molecule has 0 aromatic carbocycles. The number of Topliss-reactive ketones (excluding diaryl/α,β-unsaturated/α-hetero) is 1. The lowest BCUT2D eigenvalue weighted by Gasteiger charge is -2.06. The summed E-state index contributed by atoms with van der Waals surface area (Å²) in [6.45, 7) is 1.76. The highest BCUT2D eigenvalue weighted by molar-refractivity contribution is 5.85. The molecule has 4 heteroatoms. The van der Waals surface area contributed by atoms with E-state index < -0.39 is 6.04 Å². The summed E-state index contributed by atoms with van der Waals surface area (Å²) in [7, 11) is 1.79. The molecule has 0 spiro atoms. The van der Waals surface area contributed by atoms with Crippen LogP contribution >= 0.6 is 0 Å². The van der Waals surface area contributed by atoms with Gasteiger partial charge in [-0.05, 0) is 6.92 Å². The maximum Gasteiger partial charge on any atom is 0.155 e. The Morgan fingerprint density at radius 2 is 2.47 bits per heavy atom. The normalized spacial score (nSPS) is 11.7. The Kier molecular flexibility index (Phi) is 4.07. The van der Waals surface area contributed by atoms with Crippen molar-refractivity contribution in [2.24, 2.45) is 12.8 Å². The average Bonchev–Trinajstić information content (AvgIpc) is 2.64. The highest BCUT2D eigenvalue weighted by Gasteiger charge is 2.16. The number of carbonyl (C=O) groups is 1. The van der Waals surface area contributed by atoms with E-state index in [0.717, 1.165) is 5.56 Å². The summed E-state index contributed by atoms with van der Waals surface area (Å²) in [5.41, 5.74) is 6.54. The maximum absolute atomic E-state index is 11.6. The predicted octanol–water partition coefficient (Wildman–Crippen LogP) is 0.792. The lowest BCUT2D eigenvalue weighted by molar-refractivity contribution is -0.120. The van der Waals surface area contributed by atoms with E-state index in [2.05, 4.69) is 16.9 Å². The quantitative estimate of drug-likeness (QED) is 0.739. The third kappa shape index (κ3) is 3.22. The Labute approximate surface area is 89.5 Å². The molecule has 1 rings (SSSR count). The summed E-state index contributed by atoms with van der Waals surface area (Å²) in [6.07, 6.45) is 4.35. The van der Waals surface area contributed by atoms with E-state index in [1.165, 1.54) is 0 Å². The Morgan fingerprint density at radius 1 is 1.73 bits per heavy atom.